The lowest BCUT2D eigenvalue weighted by molar-refractivity contribution is -0.133. The summed E-state index contributed by atoms with van der Waals surface area (Å²) in [7, 11) is 0. The molecule has 0 amide bonds. The first-order valence-electron chi connectivity index (χ1n) is 6.16. The Morgan fingerprint density at radius 3 is 2.50 bits per heavy atom. The minimum absolute atomic E-state index is 0.0140. The summed E-state index contributed by atoms with van der Waals surface area (Å²) >= 11 is 1.22. The van der Waals surface area contributed by atoms with Crippen LogP contribution in [0.25, 0.3) is 0 Å². The number of hydrogen-bond donors (Lipinski definition) is 1. The molecule has 7 heteroatoms. The minimum Gasteiger partial charge on any atom is -0.481 e. The summed E-state index contributed by atoms with van der Waals surface area (Å²) in [6.07, 6.45) is 0.965. The van der Waals surface area contributed by atoms with Crippen molar-refractivity contribution in [1.82, 2.24) is 14.8 Å². The molecule has 0 spiro atoms. The fraction of sp³-hybridized carbons (Fsp3) is 0.727. The van der Waals surface area contributed by atoms with Crippen molar-refractivity contribution in [1.29, 1.82) is 0 Å². The van der Waals surface area contributed by atoms with Gasteiger partial charge in [-0.05, 0) is 20.3 Å². The van der Waals surface area contributed by atoms with Crippen LogP contribution in [0.1, 0.15) is 27.2 Å². The molecule has 0 aliphatic heterocycles. The molecule has 0 aromatic carbocycles. The molecule has 0 radical (unpaired) electrons. The Labute approximate surface area is 111 Å². The Kier molecular flexibility index (Phi) is 5.97. The van der Waals surface area contributed by atoms with Gasteiger partial charge in [-0.25, -0.2) is 0 Å². The maximum atomic E-state index is 10.6. The van der Waals surface area contributed by atoms with Gasteiger partial charge in [-0.3, -0.25) is 9.36 Å². The molecule has 102 valence electrons. The second-order valence-electron chi connectivity index (χ2n) is 3.79. The number of aliphatic carboxylic acids is 1. The van der Waals surface area contributed by atoms with Crippen LogP contribution < -0.4 is 4.90 Å². The molecule has 18 heavy (non-hydrogen) atoms. The van der Waals surface area contributed by atoms with Crippen molar-refractivity contribution in [2.24, 2.45) is 0 Å². The highest BCUT2D eigenvalue weighted by Gasteiger charge is 2.16. The Hall–Kier alpha value is -1.24. The van der Waals surface area contributed by atoms with Gasteiger partial charge in [-0.15, -0.1) is 10.2 Å². The summed E-state index contributed by atoms with van der Waals surface area (Å²) in [5, 5.41) is 17.7. The number of carboxylic acid groups (broad SMARTS) is 1. The number of hydrogen-bond acceptors (Lipinski definition) is 5. The van der Waals surface area contributed by atoms with Crippen molar-refractivity contribution in [3.05, 3.63) is 0 Å². The lowest BCUT2D eigenvalue weighted by atomic mass is 10.4. The molecule has 1 heterocycles. The van der Waals surface area contributed by atoms with E-state index < -0.39 is 5.97 Å². The Morgan fingerprint density at radius 1 is 1.33 bits per heavy atom. The van der Waals surface area contributed by atoms with Crippen LogP contribution in [0.5, 0.6) is 0 Å². The Balaban J connectivity index is 2.94. The molecular formula is C11H20N4O2S. The lowest BCUT2D eigenvalue weighted by Crippen LogP contribution is -2.25. The van der Waals surface area contributed by atoms with E-state index in [1.54, 1.807) is 0 Å². The molecular weight excluding hydrogens is 252 g/mol. The van der Waals surface area contributed by atoms with Crippen molar-refractivity contribution >= 4 is 23.7 Å². The third-order valence-corrected chi connectivity index (χ3v) is 3.47. The topological polar surface area (TPSA) is 71.2 Å². The number of carbonyl (C=O) groups is 1. The van der Waals surface area contributed by atoms with E-state index in [4.69, 9.17) is 5.11 Å². The number of thioether (sulfide) groups is 1. The van der Waals surface area contributed by atoms with E-state index in [0.29, 0.717) is 5.16 Å². The fourth-order valence-electron chi connectivity index (χ4n) is 1.67. The number of nitrogens with zero attached hydrogens (tertiary/aromatic N) is 4. The fourth-order valence-corrected chi connectivity index (χ4v) is 2.35. The standard InChI is InChI=1S/C11H20N4O2S/c1-4-7-15-10(14(5-2)6-3)12-13-11(15)18-8-9(16)17/h4-8H2,1-3H3,(H,16,17). The third-order valence-electron chi connectivity index (χ3n) is 2.52. The van der Waals surface area contributed by atoms with Crippen molar-refractivity contribution < 1.29 is 9.90 Å². The second-order valence-corrected chi connectivity index (χ2v) is 4.73. The van der Waals surface area contributed by atoms with Crippen molar-refractivity contribution in [2.75, 3.05) is 23.7 Å². The number of carboxylic acids is 1. The lowest BCUT2D eigenvalue weighted by Gasteiger charge is -2.20. The van der Waals surface area contributed by atoms with E-state index in [-0.39, 0.29) is 5.75 Å². The van der Waals surface area contributed by atoms with Crippen LogP contribution in [0.4, 0.5) is 5.95 Å². The second kappa shape index (κ2) is 7.25. The van der Waals surface area contributed by atoms with Crippen LogP contribution in [-0.4, -0.2) is 44.7 Å². The third kappa shape index (κ3) is 3.63. The smallest absolute Gasteiger partial charge is 0.313 e. The van der Waals surface area contributed by atoms with E-state index in [9.17, 15) is 4.79 Å². The van der Waals surface area contributed by atoms with Gasteiger partial charge in [0.25, 0.3) is 0 Å². The van der Waals surface area contributed by atoms with Crippen LogP contribution in [0.15, 0.2) is 5.16 Å². The maximum Gasteiger partial charge on any atom is 0.313 e. The van der Waals surface area contributed by atoms with Crippen LogP contribution in [0.2, 0.25) is 0 Å². The normalized spacial score (nSPS) is 10.6. The van der Waals surface area contributed by atoms with E-state index in [0.717, 1.165) is 32.0 Å². The average Bonchev–Trinajstić information content (AvgIpc) is 2.73. The Morgan fingerprint density at radius 2 is 2.00 bits per heavy atom. The number of rotatable bonds is 8. The SMILES string of the molecule is CCCn1c(SCC(=O)O)nnc1N(CC)CC. The zero-order valence-corrected chi connectivity index (χ0v) is 11.9. The zero-order valence-electron chi connectivity index (χ0n) is 11.1. The molecule has 1 N–H and O–H groups in total. The van der Waals surface area contributed by atoms with Gasteiger partial charge in [0.1, 0.15) is 0 Å². The first-order chi connectivity index (χ1) is 8.63. The molecule has 0 saturated heterocycles. The predicted molar refractivity (Wildman–Crippen MR) is 72.2 cm³/mol. The van der Waals surface area contributed by atoms with Gasteiger partial charge >= 0.3 is 5.97 Å². The monoisotopic (exact) mass is 272 g/mol. The predicted octanol–water partition coefficient (Wildman–Crippen LogP) is 1.71. The molecule has 0 fully saturated rings. The van der Waals surface area contributed by atoms with Crippen LogP contribution in [0.3, 0.4) is 0 Å². The van der Waals surface area contributed by atoms with Gasteiger partial charge in [-0.1, -0.05) is 18.7 Å². The summed E-state index contributed by atoms with van der Waals surface area (Å²) in [6.45, 7) is 8.75. The van der Waals surface area contributed by atoms with Gasteiger partial charge < -0.3 is 10.0 Å². The zero-order chi connectivity index (χ0) is 13.5. The van der Waals surface area contributed by atoms with Crippen LogP contribution >= 0.6 is 11.8 Å². The van der Waals surface area contributed by atoms with E-state index >= 15 is 0 Å². The average molecular weight is 272 g/mol. The Bertz CT molecular complexity index is 390. The molecule has 1 aromatic heterocycles. The van der Waals surface area contributed by atoms with Crippen LogP contribution in [0, 0.1) is 0 Å². The summed E-state index contributed by atoms with van der Waals surface area (Å²) in [5.74, 6) is 0.00489. The highest BCUT2D eigenvalue weighted by Crippen LogP contribution is 2.22. The van der Waals surface area contributed by atoms with E-state index in [1.165, 1.54) is 11.8 Å². The summed E-state index contributed by atoms with van der Waals surface area (Å²) in [4.78, 5) is 12.7. The van der Waals surface area contributed by atoms with E-state index in [2.05, 4.69) is 35.9 Å². The molecule has 1 rings (SSSR count). The van der Waals surface area contributed by atoms with Crippen molar-refractivity contribution in [3.8, 4) is 0 Å². The summed E-state index contributed by atoms with van der Waals surface area (Å²) < 4.78 is 2.00. The molecule has 0 atom stereocenters. The number of aromatic nitrogens is 3. The molecule has 0 aliphatic rings. The molecule has 0 unspecified atom stereocenters. The molecule has 0 bridgehead atoms. The first kappa shape index (κ1) is 14.8. The molecule has 6 nitrogen and oxygen atoms in total. The molecule has 0 saturated carbocycles. The summed E-state index contributed by atoms with van der Waals surface area (Å²) in [6, 6.07) is 0. The molecule has 1 aromatic rings. The quantitative estimate of drug-likeness (QED) is 0.726. The molecule has 0 aliphatic carbocycles. The highest BCUT2D eigenvalue weighted by atomic mass is 32.2. The minimum atomic E-state index is -0.838. The van der Waals surface area contributed by atoms with Gasteiger partial charge in [-0.2, -0.15) is 0 Å². The van der Waals surface area contributed by atoms with Gasteiger partial charge in [0.05, 0.1) is 5.75 Å². The summed E-state index contributed by atoms with van der Waals surface area (Å²) in [5.41, 5.74) is 0. The highest BCUT2D eigenvalue weighted by molar-refractivity contribution is 7.99. The maximum absolute atomic E-state index is 10.6. The largest absolute Gasteiger partial charge is 0.481 e. The van der Waals surface area contributed by atoms with Crippen molar-refractivity contribution in [2.45, 2.75) is 38.9 Å². The van der Waals surface area contributed by atoms with E-state index in [1.807, 2.05) is 4.57 Å². The number of anilines is 1. The van der Waals surface area contributed by atoms with Gasteiger partial charge in [0.15, 0.2) is 5.16 Å². The van der Waals surface area contributed by atoms with Gasteiger partial charge in [0.2, 0.25) is 5.95 Å². The first-order valence-corrected chi connectivity index (χ1v) is 7.15. The van der Waals surface area contributed by atoms with Crippen molar-refractivity contribution in [3.63, 3.8) is 0 Å². The van der Waals surface area contributed by atoms with Crippen LogP contribution in [-0.2, 0) is 11.3 Å². The van der Waals surface area contributed by atoms with Gasteiger partial charge in [0, 0.05) is 19.6 Å².